The Bertz CT molecular complexity index is 1400. The van der Waals surface area contributed by atoms with Crippen LogP contribution in [0.15, 0.2) is 48.5 Å². The number of methoxy groups -OCH3 is 1. The zero-order chi connectivity index (χ0) is 24.4. The van der Waals surface area contributed by atoms with E-state index in [4.69, 9.17) is 9.72 Å². The van der Waals surface area contributed by atoms with Crippen LogP contribution in [-0.4, -0.2) is 64.4 Å². The molecule has 8 heteroatoms. The number of hydrogen-bond acceptors (Lipinski definition) is 6. The number of aromatic hydroxyl groups is 1. The molecular weight excluding hydrogens is 442 g/mol. The standard InChI is InChI=1S/C27H27N5O3/c1-17-15-18(4-10-24(17)35-2)3-9-22-25-21(27(34)32-13-11-28-12-14-32)16-23(29-26(25)31-30-22)19-5-7-20(33)8-6-19/h3-10,15-16,28,33H,11-14H2,1-2H3,(H,29,30,31)/b9-3+. The Morgan fingerprint density at radius 2 is 1.86 bits per heavy atom. The van der Waals surface area contributed by atoms with Crippen molar-refractivity contribution in [3.8, 4) is 22.8 Å². The van der Waals surface area contributed by atoms with Crippen LogP contribution in [0.2, 0.25) is 0 Å². The van der Waals surface area contributed by atoms with Crippen molar-refractivity contribution in [3.05, 3.63) is 70.9 Å². The van der Waals surface area contributed by atoms with E-state index in [9.17, 15) is 9.90 Å². The molecule has 8 nitrogen and oxygen atoms in total. The topological polar surface area (TPSA) is 103 Å². The summed E-state index contributed by atoms with van der Waals surface area (Å²) < 4.78 is 5.35. The molecule has 1 aliphatic rings. The van der Waals surface area contributed by atoms with Crippen molar-refractivity contribution in [3.63, 3.8) is 0 Å². The van der Waals surface area contributed by atoms with E-state index in [1.165, 1.54) is 0 Å². The van der Waals surface area contributed by atoms with Crippen molar-refractivity contribution < 1.29 is 14.6 Å². The summed E-state index contributed by atoms with van der Waals surface area (Å²) in [5.41, 5.74) is 5.23. The lowest BCUT2D eigenvalue weighted by Crippen LogP contribution is -2.46. The van der Waals surface area contributed by atoms with E-state index in [1.807, 2.05) is 48.2 Å². The molecule has 178 valence electrons. The summed E-state index contributed by atoms with van der Waals surface area (Å²) in [5.74, 6) is 0.965. The Morgan fingerprint density at radius 3 is 2.57 bits per heavy atom. The zero-order valence-electron chi connectivity index (χ0n) is 19.7. The molecule has 35 heavy (non-hydrogen) atoms. The molecule has 1 amide bonds. The molecule has 2 aromatic carbocycles. The number of H-pyrrole nitrogens is 1. The van der Waals surface area contributed by atoms with Gasteiger partial charge in [0.25, 0.3) is 5.91 Å². The van der Waals surface area contributed by atoms with Crippen molar-refractivity contribution >= 4 is 29.1 Å². The minimum atomic E-state index is -0.0460. The lowest BCUT2D eigenvalue weighted by Gasteiger charge is -2.27. The smallest absolute Gasteiger partial charge is 0.254 e. The number of aryl methyl sites for hydroxylation is 1. The van der Waals surface area contributed by atoms with Gasteiger partial charge in [0.15, 0.2) is 5.65 Å². The maximum atomic E-state index is 13.6. The van der Waals surface area contributed by atoms with Gasteiger partial charge in [-0.1, -0.05) is 12.1 Å². The highest BCUT2D eigenvalue weighted by atomic mass is 16.5. The second-order valence-corrected chi connectivity index (χ2v) is 8.54. The van der Waals surface area contributed by atoms with Gasteiger partial charge in [0.2, 0.25) is 0 Å². The van der Waals surface area contributed by atoms with Gasteiger partial charge in [0, 0.05) is 31.7 Å². The Morgan fingerprint density at radius 1 is 1.09 bits per heavy atom. The molecule has 1 aliphatic heterocycles. The van der Waals surface area contributed by atoms with Crippen LogP contribution in [0, 0.1) is 6.92 Å². The molecule has 3 heterocycles. The average molecular weight is 470 g/mol. The highest BCUT2D eigenvalue weighted by Crippen LogP contribution is 2.29. The summed E-state index contributed by atoms with van der Waals surface area (Å²) in [4.78, 5) is 20.2. The second-order valence-electron chi connectivity index (χ2n) is 8.54. The fourth-order valence-electron chi connectivity index (χ4n) is 4.34. The molecular formula is C27H27N5O3. The summed E-state index contributed by atoms with van der Waals surface area (Å²) in [6.45, 7) is 4.81. The number of phenols is 1. The van der Waals surface area contributed by atoms with Crippen LogP contribution in [0.4, 0.5) is 0 Å². The van der Waals surface area contributed by atoms with Crippen molar-refractivity contribution in [1.29, 1.82) is 0 Å². The van der Waals surface area contributed by atoms with Crippen LogP contribution in [0.1, 0.15) is 27.2 Å². The van der Waals surface area contributed by atoms with Crippen LogP contribution < -0.4 is 10.1 Å². The highest BCUT2D eigenvalue weighted by Gasteiger charge is 2.24. The van der Waals surface area contributed by atoms with E-state index in [2.05, 4.69) is 15.5 Å². The zero-order valence-corrected chi connectivity index (χ0v) is 19.7. The lowest BCUT2D eigenvalue weighted by atomic mass is 10.0. The largest absolute Gasteiger partial charge is 0.508 e. The van der Waals surface area contributed by atoms with Gasteiger partial charge in [-0.3, -0.25) is 9.89 Å². The van der Waals surface area contributed by atoms with Crippen molar-refractivity contribution in [2.45, 2.75) is 6.92 Å². The van der Waals surface area contributed by atoms with Crippen LogP contribution in [-0.2, 0) is 0 Å². The maximum Gasteiger partial charge on any atom is 0.254 e. The Balaban J connectivity index is 1.59. The number of benzene rings is 2. The van der Waals surface area contributed by atoms with Gasteiger partial charge < -0.3 is 20.1 Å². The molecule has 0 spiro atoms. The summed E-state index contributed by atoms with van der Waals surface area (Å²) in [5, 5.41) is 21.1. The summed E-state index contributed by atoms with van der Waals surface area (Å²) in [6, 6.07) is 14.6. The van der Waals surface area contributed by atoms with E-state index in [0.717, 1.165) is 35.5 Å². The molecule has 4 aromatic rings. The quantitative estimate of drug-likeness (QED) is 0.410. The number of aromatic nitrogens is 3. The number of carbonyl (C=O) groups excluding carboxylic acids is 1. The minimum absolute atomic E-state index is 0.0460. The monoisotopic (exact) mass is 469 g/mol. The van der Waals surface area contributed by atoms with E-state index >= 15 is 0 Å². The number of phenolic OH excluding ortho intramolecular Hbond substituents is 1. The summed E-state index contributed by atoms with van der Waals surface area (Å²) >= 11 is 0. The van der Waals surface area contributed by atoms with Crippen LogP contribution in [0.3, 0.4) is 0 Å². The number of rotatable bonds is 5. The van der Waals surface area contributed by atoms with E-state index < -0.39 is 0 Å². The van der Waals surface area contributed by atoms with E-state index in [-0.39, 0.29) is 11.7 Å². The van der Waals surface area contributed by atoms with Crippen LogP contribution >= 0.6 is 0 Å². The molecule has 1 fully saturated rings. The first-order valence-electron chi connectivity index (χ1n) is 11.5. The predicted molar refractivity (Wildman–Crippen MR) is 136 cm³/mol. The van der Waals surface area contributed by atoms with E-state index in [1.54, 1.807) is 31.4 Å². The number of piperazine rings is 1. The summed E-state index contributed by atoms with van der Waals surface area (Å²) in [7, 11) is 1.66. The van der Waals surface area contributed by atoms with Gasteiger partial charge in [-0.15, -0.1) is 0 Å². The molecule has 5 rings (SSSR count). The van der Waals surface area contributed by atoms with Gasteiger partial charge in [0.1, 0.15) is 11.5 Å². The van der Waals surface area contributed by atoms with Gasteiger partial charge >= 0.3 is 0 Å². The number of aromatic amines is 1. The number of hydrogen-bond donors (Lipinski definition) is 3. The SMILES string of the molecule is COc1ccc(/C=C/c2n[nH]c3nc(-c4ccc(O)cc4)cc(C(=O)N4CCNCC4)c23)cc1C. The molecule has 0 saturated carbocycles. The molecule has 1 saturated heterocycles. The Labute approximate surface area is 203 Å². The molecule has 0 bridgehead atoms. The molecule has 2 aromatic heterocycles. The second kappa shape index (κ2) is 9.60. The molecule has 0 atom stereocenters. The average Bonchev–Trinajstić information content (AvgIpc) is 3.30. The number of ether oxygens (including phenoxy) is 1. The third-order valence-electron chi connectivity index (χ3n) is 6.21. The molecule has 3 N–H and O–H groups in total. The number of amides is 1. The van der Waals surface area contributed by atoms with Crippen LogP contribution in [0.5, 0.6) is 11.5 Å². The molecule has 0 aliphatic carbocycles. The first-order chi connectivity index (χ1) is 17.0. The minimum Gasteiger partial charge on any atom is -0.508 e. The highest BCUT2D eigenvalue weighted by molar-refractivity contribution is 6.09. The number of carbonyl (C=O) groups is 1. The van der Waals surface area contributed by atoms with E-state index in [0.29, 0.717) is 41.1 Å². The molecule has 0 radical (unpaired) electrons. The van der Waals surface area contributed by atoms with Gasteiger partial charge in [-0.2, -0.15) is 5.10 Å². The van der Waals surface area contributed by atoms with Crippen molar-refractivity contribution in [2.24, 2.45) is 0 Å². The predicted octanol–water partition coefficient (Wildman–Crippen LogP) is 3.86. The number of fused-ring (bicyclic) bond motifs is 1. The number of nitrogens with one attached hydrogen (secondary N) is 2. The Hall–Kier alpha value is -4.17. The fourth-order valence-corrected chi connectivity index (χ4v) is 4.34. The van der Waals surface area contributed by atoms with Gasteiger partial charge in [-0.05, 0) is 66.6 Å². The van der Waals surface area contributed by atoms with Gasteiger partial charge in [-0.25, -0.2) is 4.98 Å². The third kappa shape index (κ3) is 4.61. The summed E-state index contributed by atoms with van der Waals surface area (Å²) in [6.07, 6.45) is 3.87. The Kier molecular flexibility index (Phi) is 6.20. The van der Waals surface area contributed by atoms with Crippen LogP contribution in [0.25, 0.3) is 34.4 Å². The van der Waals surface area contributed by atoms with Crippen molar-refractivity contribution in [1.82, 2.24) is 25.4 Å². The maximum absolute atomic E-state index is 13.6. The normalized spacial score (nSPS) is 14.1. The first kappa shape index (κ1) is 22.6. The first-order valence-corrected chi connectivity index (χ1v) is 11.5. The van der Waals surface area contributed by atoms with Crippen molar-refractivity contribution in [2.75, 3.05) is 33.3 Å². The number of pyridine rings is 1. The third-order valence-corrected chi connectivity index (χ3v) is 6.21. The fraction of sp³-hybridized carbons (Fsp3) is 0.222. The number of nitrogens with zero attached hydrogens (tertiary/aromatic N) is 3. The van der Waals surface area contributed by atoms with Gasteiger partial charge in [0.05, 0.1) is 29.4 Å². The lowest BCUT2D eigenvalue weighted by molar-refractivity contribution is 0.0737. The molecule has 0 unspecified atom stereocenters.